The van der Waals surface area contributed by atoms with E-state index in [1.807, 2.05) is 22.2 Å². The van der Waals surface area contributed by atoms with Gasteiger partial charge in [-0.25, -0.2) is 4.98 Å². The molecule has 0 aromatic carbocycles. The van der Waals surface area contributed by atoms with E-state index in [1.165, 1.54) is 0 Å². The minimum atomic E-state index is -0.456. The highest BCUT2D eigenvalue weighted by Gasteiger charge is 2.26. The molecule has 2 aromatic heterocycles. The molecule has 1 fully saturated rings. The quantitative estimate of drug-likeness (QED) is 0.872. The first kappa shape index (κ1) is 13.5. The lowest BCUT2D eigenvalue weighted by Crippen LogP contribution is -2.46. The number of hydrogen-bond donors (Lipinski definition) is 2. The van der Waals surface area contributed by atoms with Crippen LogP contribution in [-0.4, -0.2) is 34.5 Å². The number of nitrogens with zero attached hydrogens (tertiary/aromatic N) is 2. The molecule has 1 aliphatic rings. The second kappa shape index (κ2) is 5.90. The molecule has 108 valence electrons. The highest BCUT2D eigenvalue weighted by atomic mass is 32.1. The van der Waals surface area contributed by atoms with Crippen LogP contribution in [0.4, 0.5) is 0 Å². The number of imidazole rings is 1. The molecule has 1 aliphatic heterocycles. The Morgan fingerprint density at radius 2 is 2.40 bits per heavy atom. The largest absolute Gasteiger partial charge is 0.381 e. The predicted molar refractivity (Wildman–Crippen MR) is 76.4 cm³/mol. The number of nitrogens with two attached hydrogens (primary N) is 1. The third-order valence-corrected chi connectivity index (χ3v) is 4.43. The summed E-state index contributed by atoms with van der Waals surface area (Å²) in [4.78, 5) is 17.4. The average molecular weight is 294 g/mol. The van der Waals surface area contributed by atoms with Gasteiger partial charge in [0.1, 0.15) is 0 Å². The Morgan fingerprint density at radius 3 is 3.15 bits per heavy atom. The van der Waals surface area contributed by atoms with Crippen molar-refractivity contribution in [3.63, 3.8) is 0 Å². The topological polar surface area (TPSA) is 81.7 Å². The number of thiazole rings is 1. The number of carbonyl (C=O) groups excluding carboxylic acids is 1. The summed E-state index contributed by atoms with van der Waals surface area (Å²) in [5.74, 6) is 0.113. The molecule has 1 amide bonds. The number of carbonyl (C=O) groups is 1. The van der Waals surface area contributed by atoms with Crippen molar-refractivity contribution in [2.75, 3.05) is 13.2 Å². The maximum Gasteiger partial charge on any atom is 0.237 e. The van der Waals surface area contributed by atoms with Crippen molar-refractivity contribution in [3.8, 4) is 0 Å². The summed E-state index contributed by atoms with van der Waals surface area (Å²) >= 11 is 1.57. The van der Waals surface area contributed by atoms with Crippen LogP contribution in [-0.2, 0) is 16.1 Å². The van der Waals surface area contributed by atoms with Gasteiger partial charge < -0.3 is 15.8 Å². The van der Waals surface area contributed by atoms with E-state index in [0.29, 0.717) is 19.8 Å². The zero-order chi connectivity index (χ0) is 13.9. The van der Waals surface area contributed by atoms with Crippen molar-refractivity contribution in [2.24, 2.45) is 11.7 Å². The van der Waals surface area contributed by atoms with E-state index in [9.17, 15) is 4.79 Å². The molecule has 1 unspecified atom stereocenters. The fourth-order valence-corrected chi connectivity index (χ4v) is 3.16. The summed E-state index contributed by atoms with van der Waals surface area (Å²) in [7, 11) is 0. The summed E-state index contributed by atoms with van der Waals surface area (Å²) in [6.45, 7) is 1.82. The van der Waals surface area contributed by atoms with Crippen LogP contribution in [0.3, 0.4) is 0 Å². The number of fused-ring (bicyclic) bond motifs is 1. The van der Waals surface area contributed by atoms with Gasteiger partial charge >= 0.3 is 0 Å². The Labute approximate surface area is 120 Å². The lowest BCUT2D eigenvalue weighted by Gasteiger charge is -2.26. The molecule has 0 saturated carbocycles. The standard InChI is InChI=1S/C13H18N4O2S/c14-11(9-1-4-19-5-2-9)12(18)15-7-10-8-17-3-6-20-13(17)16-10/h3,6,8-9,11H,1-2,4-5,7,14H2,(H,15,18). The van der Waals surface area contributed by atoms with E-state index < -0.39 is 6.04 Å². The number of ether oxygens (including phenoxy) is 1. The molecular weight excluding hydrogens is 276 g/mol. The fraction of sp³-hybridized carbons (Fsp3) is 0.538. The van der Waals surface area contributed by atoms with Crippen LogP contribution in [0.2, 0.25) is 0 Å². The predicted octanol–water partition coefficient (Wildman–Crippen LogP) is 0.766. The molecule has 3 heterocycles. The summed E-state index contributed by atoms with van der Waals surface area (Å²) in [6, 6.07) is -0.456. The summed E-state index contributed by atoms with van der Waals surface area (Å²) in [6.07, 6.45) is 5.59. The van der Waals surface area contributed by atoms with E-state index >= 15 is 0 Å². The van der Waals surface area contributed by atoms with E-state index in [1.54, 1.807) is 11.3 Å². The monoisotopic (exact) mass is 294 g/mol. The van der Waals surface area contributed by atoms with Crippen LogP contribution < -0.4 is 11.1 Å². The van der Waals surface area contributed by atoms with Gasteiger partial charge in [-0.2, -0.15) is 0 Å². The third kappa shape index (κ3) is 2.84. The normalized spacial score (nSPS) is 18.2. The molecule has 0 radical (unpaired) electrons. The van der Waals surface area contributed by atoms with Gasteiger partial charge in [0.15, 0.2) is 4.96 Å². The first-order valence-electron chi connectivity index (χ1n) is 6.76. The molecule has 7 heteroatoms. The van der Waals surface area contributed by atoms with Gasteiger partial charge in [-0.1, -0.05) is 0 Å². The van der Waals surface area contributed by atoms with Crippen LogP contribution >= 0.6 is 11.3 Å². The van der Waals surface area contributed by atoms with Gasteiger partial charge in [0.05, 0.1) is 18.3 Å². The van der Waals surface area contributed by atoms with Crippen molar-refractivity contribution in [2.45, 2.75) is 25.4 Å². The van der Waals surface area contributed by atoms with Crippen molar-refractivity contribution in [1.29, 1.82) is 0 Å². The van der Waals surface area contributed by atoms with Crippen LogP contribution in [0.15, 0.2) is 17.8 Å². The number of hydrogen-bond acceptors (Lipinski definition) is 5. The number of amides is 1. The highest BCUT2D eigenvalue weighted by molar-refractivity contribution is 7.15. The number of aromatic nitrogens is 2. The maximum absolute atomic E-state index is 12.1. The van der Waals surface area contributed by atoms with Gasteiger partial charge in [-0.05, 0) is 18.8 Å². The average Bonchev–Trinajstić information content (AvgIpc) is 3.06. The third-order valence-electron chi connectivity index (χ3n) is 3.66. The molecule has 2 aromatic rings. The van der Waals surface area contributed by atoms with Gasteiger partial charge in [0.2, 0.25) is 5.91 Å². The zero-order valence-corrected chi connectivity index (χ0v) is 11.9. The van der Waals surface area contributed by atoms with Gasteiger partial charge in [-0.3, -0.25) is 9.20 Å². The maximum atomic E-state index is 12.1. The number of nitrogens with one attached hydrogen (secondary N) is 1. The van der Waals surface area contributed by atoms with Crippen LogP contribution in [0, 0.1) is 5.92 Å². The Hall–Kier alpha value is -1.44. The van der Waals surface area contributed by atoms with Crippen molar-refractivity contribution in [1.82, 2.24) is 14.7 Å². The minimum Gasteiger partial charge on any atom is -0.381 e. The smallest absolute Gasteiger partial charge is 0.237 e. The minimum absolute atomic E-state index is 0.103. The molecule has 20 heavy (non-hydrogen) atoms. The van der Waals surface area contributed by atoms with E-state index in [0.717, 1.165) is 23.5 Å². The van der Waals surface area contributed by atoms with E-state index in [2.05, 4.69) is 10.3 Å². The second-order valence-corrected chi connectivity index (χ2v) is 5.89. The Balaban J connectivity index is 1.54. The summed E-state index contributed by atoms with van der Waals surface area (Å²) < 4.78 is 7.23. The Kier molecular flexibility index (Phi) is 4.00. The molecule has 0 aliphatic carbocycles. The van der Waals surface area contributed by atoms with Crippen molar-refractivity contribution in [3.05, 3.63) is 23.5 Å². The van der Waals surface area contributed by atoms with Crippen LogP contribution in [0.25, 0.3) is 4.96 Å². The van der Waals surface area contributed by atoms with Crippen molar-refractivity contribution < 1.29 is 9.53 Å². The fourth-order valence-electron chi connectivity index (χ4n) is 2.45. The lowest BCUT2D eigenvalue weighted by molar-refractivity contribution is -0.124. The Morgan fingerprint density at radius 1 is 1.60 bits per heavy atom. The first-order chi connectivity index (χ1) is 9.74. The SMILES string of the molecule is NC(C(=O)NCc1cn2ccsc2n1)C1CCOCC1. The molecule has 3 N–H and O–H groups in total. The van der Waals surface area contributed by atoms with Gasteiger partial charge in [0.25, 0.3) is 0 Å². The first-order valence-corrected chi connectivity index (χ1v) is 7.64. The Bertz CT molecular complexity index is 559. The molecule has 6 nitrogen and oxygen atoms in total. The molecule has 1 atom stereocenters. The molecule has 0 bridgehead atoms. The second-order valence-electron chi connectivity index (χ2n) is 5.02. The highest BCUT2D eigenvalue weighted by Crippen LogP contribution is 2.17. The zero-order valence-electron chi connectivity index (χ0n) is 11.1. The summed E-state index contributed by atoms with van der Waals surface area (Å²) in [5, 5.41) is 4.85. The van der Waals surface area contributed by atoms with Crippen molar-refractivity contribution >= 4 is 22.2 Å². The molecular formula is C13H18N4O2S. The number of rotatable bonds is 4. The van der Waals surface area contributed by atoms with Crippen LogP contribution in [0.1, 0.15) is 18.5 Å². The van der Waals surface area contributed by atoms with Gasteiger partial charge in [-0.15, -0.1) is 11.3 Å². The van der Waals surface area contributed by atoms with E-state index in [4.69, 9.17) is 10.5 Å². The van der Waals surface area contributed by atoms with E-state index in [-0.39, 0.29) is 11.8 Å². The molecule has 3 rings (SSSR count). The van der Waals surface area contributed by atoms with Crippen LogP contribution in [0.5, 0.6) is 0 Å². The molecule has 0 spiro atoms. The summed E-state index contributed by atoms with van der Waals surface area (Å²) in [5.41, 5.74) is 6.87. The molecule has 1 saturated heterocycles. The lowest BCUT2D eigenvalue weighted by atomic mass is 9.92. The van der Waals surface area contributed by atoms with Gasteiger partial charge in [0, 0.05) is 31.0 Å².